The highest BCUT2D eigenvalue weighted by molar-refractivity contribution is 5.34. The maximum absolute atomic E-state index is 4.42. The number of anilines is 1. The largest absolute Gasteiger partial charge is 0.373 e. The molecule has 2 aromatic heterocycles. The molecule has 1 N–H and O–H groups in total. The third-order valence-electron chi connectivity index (χ3n) is 2.16. The summed E-state index contributed by atoms with van der Waals surface area (Å²) >= 11 is 0. The minimum atomic E-state index is 0.712. The average molecular weight is 202 g/mol. The summed E-state index contributed by atoms with van der Waals surface area (Å²) in [4.78, 5) is 4.42. The summed E-state index contributed by atoms with van der Waals surface area (Å²) in [6, 6.07) is 7.92. The summed E-state index contributed by atoms with van der Waals surface area (Å²) in [5.74, 6) is 0.886. The second-order valence-corrected chi connectivity index (χ2v) is 3.42. The molecule has 15 heavy (non-hydrogen) atoms. The van der Waals surface area contributed by atoms with Crippen LogP contribution in [-0.2, 0) is 6.54 Å². The predicted octanol–water partition coefficient (Wildman–Crippen LogP) is 1.68. The van der Waals surface area contributed by atoms with Crippen LogP contribution in [0.15, 0.2) is 30.5 Å². The molecule has 2 aromatic rings. The lowest BCUT2D eigenvalue weighted by atomic mass is 10.3. The van der Waals surface area contributed by atoms with E-state index in [-0.39, 0.29) is 0 Å². The van der Waals surface area contributed by atoms with E-state index in [0.29, 0.717) is 6.54 Å². The molecule has 4 heteroatoms. The summed E-state index contributed by atoms with van der Waals surface area (Å²) in [7, 11) is 1.87. The summed E-state index contributed by atoms with van der Waals surface area (Å²) in [6.45, 7) is 2.69. The van der Waals surface area contributed by atoms with Gasteiger partial charge in [0.1, 0.15) is 5.82 Å². The first-order valence-electron chi connectivity index (χ1n) is 4.91. The van der Waals surface area contributed by atoms with Crippen molar-refractivity contribution in [2.24, 2.45) is 0 Å². The van der Waals surface area contributed by atoms with Crippen molar-refractivity contribution >= 4 is 5.82 Å². The fourth-order valence-corrected chi connectivity index (χ4v) is 1.42. The number of rotatable bonds is 3. The van der Waals surface area contributed by atoms with Gasteiger partial charge in [0, 0.05) is 13.2 Å². The van der Waals surface area contributed by atoms with Gasteiger partial charge in [0.05, 0.1) is 17.9 Å². The highest BCUT2D eigenvalue weighted by Crippen LogP contribution is 2.05. The zero-order valence-electron chi connectivity index (χ0n) is 8.94. The van der Waals surface area contributed by atoms with Crippen LogP contribution in [0, 0.1) is 6.92 Å². The number of aromatic nitrogens is 3. The van der Waals surface area contributed by atoms with Gasteiger partial charge in [-0.25, -0.2) is 4.98 Å². The van der Waals surface area contributed by atoms with Crippen LogP contribution in [0.4, 0.5) is 5.82 Å². The number of hydrogen-bond acceptors (Lipinski definition) is 3. The Kier molecular flexibility index (Phi) is 2.67. The summed E-state index contributed by atoms with van der Waals surface area (Å²) in [5, 5.41) is 7.34. The molecule has 0 spiro atoms. The molecule has 0 saturated heterocycles. The fraction of sp³-hybridized carbons (Fsp3) is 0.273. The van der Waals surface area contributed by atoms with Crippen LogP contribution in [0.2, 0.25) is 0 Å². The molecule has 0 saturated carbocycles. The van der Waals surface area contributed by atoms with E-state index in [1.165, 1.54) is 0 Å². The van der Waals surface area contributed by atoms with Crippen molar-refractivity contribution in [2.45, 2.75) is 13.5 Å². The molecular formula is C11H14N4. The second-order valence-electron chi connectivity index (χ2n) is 3.42. The lowest BCUT2D eigenvalue weighted by molar-refractivity contribution is 0.666. The number of hydrogen-bond donors (Lipinski definition) is 1. The molecule has 2 heterocycles. The second kappa shape index (κ2) is 4.13. The van der Waals surface area contributed by atoms with E-state index in [0.717, 1.165) is 17.2 Å². The van der Waals surface area contributed by atoms with Crippen LogP contribution in [0.5, 0.6) is 0 Å². The third kappa shape index (κ3) is 2.34. The van der Waals surface area contributed by atoms with Crippen molar-refractivity contribution in [3.05, 3.63) is 41.9 Å². The van der Waals surface area contributed by atoms with E-state index >= 15 is 0 Å². The molecule has 0 aliphatic heterocycles. The Balaban J connectivity index is 2.16. The van der Waals surface area contributed by atoms with Gasteiger partial charge in [0.15, 0.2) is 0 Å². The van der Waals surface area contributed by atoms with Crippen molar-refractivity contribution in [1.29, 1.82) is 0 Å². The lowest BCUT2D eigenvalue weighted by Gasteiger charge is -2.03. The first-order chi connectivity index (χ1) is 7.28. The van der Waals surface area contributed by atoms with Crippen molar-refractivity contribution in [3.63, 3.8) is 0 Å². The predicted molar refractivity (Wildman–Crippen MR) is 59.8 cm³/mol. The zero-order chi connectivity index (χ0) is 10.7. The van der Waals surface area contributed by atoms with E-state index in [1.54, 1.807) is 0 Å². The van der Waals surface area contributed by atoms with Gasteiger partial charge in [-0.05, 0) is 25.1 Å². The number of pyridine rings is 1. The van der Waals surface area contributed by atoms with Gasteiger partial charge in [-0.15, -0.1) is 0 Å². The Hall–Kier alpha value is -1.84. The molecule has 0 unspecified atom stereocenters. The monoisotopic (exact) mass is 202 g/mol. The van der Waals surface area contributed by atoms with Crippen molar-refractivity contribution < 1.29 is 0 Å². The van der Waals surface area contributed by atoms with Crippen LogP contribution < -0.4 is 5.32 Å². The molecule has 0 atom stereocenters. The maximum Gasteiger partial charge on any atom is 0.126 e. The molecule has 4 nitrogen and oxygen atoms in total. The minimum absolute atomic E-state index is 0.712. The van der Waals surface area contributed by atoms with Crippen molar-refractivity contribution in [3.8, 4) is 0 Å². The molecule has 0 fully saturated rings. The van der Waals surface area contributed by atoms with E-state index in [1.807, 2.05) is 49.1 Å². The van der Waals surface area contributed by atoms with Crippen molar-refractivity contribution in [2.75, 3.05) is 12.4 Å². The lowest BCUT2D eigenvalue weighted by Crippen LogP contribution is -2.04. The quantitative estimate of drug-likeness (QED) is 0.823. The highest BCUT2D eigenvalue weighted by atomic mass is 15.3. The van der Waals surface area contributed by atoms with Gasteiger partial charge in [-0.1, -0.05) is 6.07 Å². The van der Waals surface area contributed by atoms with Crippen LogP contribution in [0.3, 0.4) is 0 Å². The maximum atomic E-state index is 4.42. The Labute approximate surface area is 89.0 Å². The van der Waals surface area contributed by atoms with Gasteiger partial charge < -0.3 is 5.32 Å². The van der Waals surface area contributed by atoms with Crippen LogP contribution >= 0.6 is 0 Å². The molecule has 0 radical (unpaired) electrons. The van der Waals surface area contributed by atoms with E-state index < -0.39 is 0 Å². The normalized spacial score (nSPS) is 10.3. The highest BCUT2D eigenvalue weighted by Gasteiger charge is 1.98. The number of aryl methyl sites for hydroxylation is 1. The van der Waals surface area contributed by atoms with Gasteiger partial charge in [-0.3, -0.25) is 4.68 Å². The zero-order valence-corrected chi connectivity index (χ0v) is 8.94. The van der Waals surface area contributed by atoms with Gasteiger partial charge in [-0.2, -0.15) is 5.10 Å². The molecule has 0 aromatic carbocycles. The summed E-state index contributed by atoms with van der Waals surface area (Å²) < 4.78 is 1.89. The molecule has 78 valence electrons. The first-order valence-corrected chi connectivity index (χ1v) is 4.91. The van der Waals surface area contributed by atoms with Crippen LogP contribution in [-0.4, -0.2) is 21.8 Å². The van der Waals surface area contributed by atoms with E-state index in [2.05, 4.69) is 15.4 Å². The molecule has 0 aliphatic rings. The summed E-state index contributed by atoms with van der Waals surface area (Å²) in [5.41, 5.74) is 2.03. The molecule has 2 rings (SSSR count). The van der Waals surface area contributed by atoms with E-state index in [4.69, 9.17) is 0 Å². The van der Waals surface area contributed by atoms with Crippen LogP contribution in [0.25, 0.3) is 0 Å². The Bertz CT molecular complexity index is 447. The van der Waals surface area contributed by atoms with Gasteiger partial charge in [0.25, 0.3) is 0 Å². The van der Waals surface area contributed by atoms with Gasteiger partial charge >= 0.3 is 0 Å². The number of nitrogens with zero attached hydrogens (tertiary/aromatic N) is 3. The topological polar surface area (TPSA) is 42.7 Å². The van der Waals surface area contributed by atoms with Gasteiger partial charge in [0.2, 0.25) is 0 Å². The van der Waals surface area contributed by atoms with E-state index in [9.17, 15) is 0 Å². The van der Waals surface area contributed by atoms with Crippen molar-refractivity contribution in [1.82, 2.24) is 14.8 Å². The Morgan fingerprint density at radius 3 is 2.87 bits per heavy atom. The Morgan fingerprint density at radius 1 is 1.33 bits per heavy atom. The molecule has 0 aliphatic carbocycles. The summed E-state index contributed by atoms with van der Waals surface area (Å²) in [6.07, 6.45) is 1.96. The average Bonchev–Trinajstić information content (AvgIpc) is 2.64. The fourth-order valence-electron chi connectivity index (χ4n) is 1.42. The first kappa shape index (κ1) is 9.71. The van der Waals surface area contributed by atoms with Crippen LogP contribution in [0.1, 0.15) is 11.4 Å². The smallest absolute Gasteiger partial charge is 0.126 e. The minimum Gasteiger partial charge on any atom is -0.373 e. The third-order valence-corrected chi connectivity index (χ3v) is 2.16. The molecule has 0 bridgehead atoms. The Morgan fingerprint density at radius 2 is 2.20 bits per heavy atom. The number of nitrogens with one attached hydrogen (secondary N) is 1. The standard InChI is InChI=1S/C11H14N4/c1-9-6-7-15(14-9)8-10-4-3-5-11(12-2)13-10/h3-7H,8H2,1-2H3,(H,12,13). The molecule has 0 amide bonds. The SMILES string of the molecule is CNc1cccc(Cn2ccc(C)n2)n1. The molecular weight excluding hydrogens is 188 g/mol.